The van der Waals surface area contributed by atoms with E-state index < -0.39 is 10.0 Å². The molecule has 1 fully saturated rings. The Morgan fingerprint density at radius 3 is 2.85 bits per heavy atom. The van der Waals surface area contributed by atoms with Gasteiger partial charge < -0.3 is 10.1 Å². The van der Waals surface area contributed by atoms with Crippen LogP contribution in [0.15, 0.2) is 23.1 Å². The number of hydrogen-bond acceptors (Lipinski definition) is 4. The van der Waals surface area contributed by atoms with Gasteiger partial charge in [0.15, 0.2) is 0 Å². The van der Waals surface area contributed by atoms with Gasteiger partial charge in [-0.05, 0) is 62.5 Å². The fraction of sp³-hybridized carbons (Fsp3) is 0.571. The first-order chi connectivity index (χ1) is 9.53. The average molecular weight is 298 g/mol. The van der Waals surface area contributed by atoms with Gasteiger partial charge in [0.1, 0.15) is 5.75 Å². The van der Waals surface area contributed by atoms with E-state index in [4.69, 9.17) is 4.74 Å². The molecule has 5 nitrogen and oxygen atoms in total. The number of hydrogen-bond donors (Lipinski definition) is 2. The third kappa shape index (κ3) is 3.71. The van der Waals surface area contributed by atoms with E-state index in [-0.39, 0.29) is 0 Å². The van der Waals surface area contributed by atoms with Crippen molar-refractivity contribution in [3.8, 4) is 5.75 Å². The molecule has 2 N–H and O–H groups in total. The van der Waals surface area contributed by atoms with Gasteiger partial charge in [0.05, 0.1) is 12.0 Å². The first kappa shape index (κ1) is 15.3. The monoisotopic (exact) mass is 298 g/mol. The van der Waals surface area contributed by atoms with Gasteiger partial charge in [0.25, 0.3) is 0 Å². The van der Waals surface area contributed by atoms with Gasteiger partial charge in [-0.15, -0.1) is 0 Å². The van der Waals surface area contributed by atoms with Gasteiger partial charge in [0, 0.05) is 6.54 Å². The summed E-state index contributed by atoms with van der Waals surface area (Å²) >= 11 is 0. The van der Waals surface area contributed by atoms with Crippen molar-refractivity contribution < 1.29 is 13.2 Å². The Labute approximate surface area is 120 Å². The standard InChI is InChI=1S/C14H22N2O3S/c1-11-9-13(19-2)3-4-14(11)20(17,18)16-8-6-12-5-7-15-10-12/h3-4,9,12,15-16H,5-8,10H2,1-2H3. The lowest BCUT2D eigenvalue weighted by molar-refractivity contribution is 0.414. The van der Waals surface area contributed by atoms with Crippen molar-refractivity contribution in [3.63, 3.8) is 0 Å². The Hall–Kier alpha value is -1.11. The van der Waals surface area contributed by atoms with Gasteiger partial charge in [-0.1, -0.05) is 0 Å². The lowest BCUT2D eigenvalue weighted by Gasteiger charge is -2.12. The molecular formula is C14H22N2O3S. The lowest BCUT2D eigenvalue weighted by atomic mass is 10.1. The molecule has 1 aliphatic rings. The number of methoxy groups -OCH3 is 1. The van der Waals surface area contributed by atoms with Crippen LogP contribution in [-0.2, 0) is 10.0 Å². The number of rotatable bonds is 6. The second kappa shape index (κ2) is 6.56. The molecule has 1 aromatic carbocycles. The van der Waals surface area contributed by atoms with Crippen LogP contribution in [0, 0.1) is 12.8 Å². The van der Waals surface area contributed by atoms with Crippen molar-refractivity contribution in [2.24, 2.45) is 5.92 Å². The molecule has 0 bridgehead atoms. The maximum Gasteiger partial charge on any atom is 0.240 e. The summed E-state index contributed by atoms with van der Waals surface area (Å²) in [6.45, 7) is 4.29. The molecule has 0 radical (unpaired) electrons. The predicted molar refractivity (Wildman–Crippen MR) is 78.5 cm³/mol. The molecule has 20 heavy (non-hydrogen) atoms. The first-order valence-electron chi connectivity index (χ1n) is 6.88. The highest BCUT2D eigenvalue weighted by Crippen LogP contribution is 2.21. The molecule has 0 saturated carbocycles. The van der Waals surface area contributed by atoms with E-state index in [1.165, 1.54) is 0 Å². The summed E-state index contributed by atoms with van der Waals surface area (Å²) in [4.78, 5) is 0.322. The Morgan fingerprint density at radius 2 is 2.25 bits per heavy atom. The third-order valence-electron chi connectivity index (χ3n) is 3.68. The van der Waals surface area contributed by atoms with Crippen molar-refractivity contribution >= 4 is 10.0 Å². The quantitative estimate of drug-likeness (QED) is 0.830. The van der Waals surface area contributed by atoms with Gasteiger partial charge in [-0.2, -0.15) is 0 Å². The van der Waals surface area contributed by atoms with E-state index >= 15 is 0 Å². The van der Waals surface area contributed by atoms with E-state index in [1.54, 1.807) is 32.2 Å². The van der Waals surface area contributed by atoms with Gasteiger partial charge in [0.2, 0.25) is 10.0 Å². The SMILES string of the molecule is COc1ccc(S(=O)(=O)NCCC2CCNC2)c(C)c1. The zero-order chi connectivity index (χ0) is 14.6. The molecule has 112 valence electrons. The molecule has 0 amide bonds. The van der Waals surface area contributed by atoms with Crippen LogP contribution in [0.2, 0.25) is 0 Å². The Kier molecular flexibility index (Phi) is 5.01. The summed E-state index contributed by atoms with van der Waals surface area (Å²) in [5, 5.41) is 3.28. The topological polar surface area (TPSA) is 67.4 Å². The van der Waals surface area contributed by atoms with Crippen molar-refractivity contribution in [2.75, 3.05) is 26.7 Å². The minimum Gasteiger partial charge on any atom is -0.497 e. The Balaban J connectivity index is 1.98. The lowest BCUT2D eigenvalue weighted by Crippen LogP contribution is -2.27. The summed E-state index contributed by atoms with van der Waals surface area (Å²) in [6, 6.07) is 4.99. The Morgan fingerprint density at radius 1 is 1.45 bits per heavy atom. The van der Waals surface area contributed by atoms with Crippen LogP contribution in [0.25, 0.3) is 0 Å². The molecule has 1 atom stereocenters. The summed E-state index contributed by atoms with van der Waals surface area (Å²) in [5.74, 6) is 1.24. The summed E-state index contributed by atoms with van der Waals surface area (Å²) in [5.41, 5.74) is 0.694. The number of sulfonamides is 1. The zero-order valence-corrected chi connectivity index (χ0v) is 12.8. The average Bonchev–Trinajstić information content (AvgIpc) is 2.91. The van der Waals surface area contributed by atoms with Crippen molar-refractivity contribution in [2.45, 2.75) is 24.7 Å². The molecule has 1 aromatic rings. The minimum atomic E-state index is -3.43. The highest BCUT2D eigenvalue weighted by Gasteiger charge is 2.19. The maximum atomic E-state index is 12.3. The third-order valence-corrected chi connectivity index (χ3v) is 5.30. The molecule has 6 heteroatoms. The number of aryl methyl sites for hydroxylation is 1. The van der Waals surface area contributed by atoms with Crippen LogP contribution in [0.1, 0.15) is 18.4 Å². The second-order valence-corrected chi connectivity index (χ2v) is 6.91. The smallest absolute Gasteiger partial charge is 0.240 e. The van der Waals surface area contributed by atoms with E-state index in [2.05, 4.69) is 10.0 Å². The van der Waals surface area contributed by atoms with Crippen LogP contribution in [0.3, 0.4) is 0 Å². The van der Waals surface area contributed by atoms with Crippen LogP contribution in [-0.4, -0.2) is 35.2 Å². The number of benzene rings is 1. The predicted octanol–water partition coefficient (Wildman–Crippen LogP) is 1.28. The zero-order valence-electron chi connectivity index (χ0n) is 12.0. The fourth-order valence-corrected chi connectivity index (χ4v) is 3.76. The van der Waals surface area contributed by atoms with Crippen molar-refractivity contribution in [3.05, 3.63) is 23.8 Å². The van der Waals surface area contributed by atoms with Gasteiger partial charge >= 0.3 is 0 Å². The first-order valence-corrected chi connectivity index (χ1v) is 8.36. The van der Waals surface area contributed by atoms with Crippen LogP contribution >= 0.6 is 0 Å². The summed E-state index contributed by atoms with van der Waals surface area (Å²) in [6.07, 6.45) is 2.00. The van der Waals surface area contributed by atoms with Crippen LogP contribution < -0.4 is 14.8 Å². The van der Waals surface area contributed by atoms with E-state index in [0.717, 1.165) is 25.9 Å². The van der Waals surface area contributed by atoms with Crippen LogP contribution in [0.5, 0.6) is 5.75 Å². The molecule has 1 aliphatic heterocycles. The largest absolute Gasteiger partial charge is 0.497 e. The van der Waals surface area contributed by atoms with E-state index in [9.17, 15) is 8.42 Å². The van der Waals surface area contributed by atoms with Gasteiger partial charge in [-0.3, -0.25) is 0 Å². The molecule has 0 spiro atoms. The second-order valence-electron chi connectivity index (χ2n) is 5.18. The normalized spacial score (nSPS) is 19.2. The van der Waals surface area contributed by atoms with Crippen LogP contribution in [0.4, 0.5) is 0 Å². The fourth-order valence-electron chi connectivity index (χ4n) is 2.49. The summed E-state index contributed by atoms with van der Waals surface area (Å²) < 4.78 is 32.3. The molecule has 1 unspecified atom stereocenters. The summed E-state index contributed by atoms with van der Waals surface area (Å²) in [7, 11) is -1.87. The maximum absolute atomic E-state index is 12.3. The van der Waals surface area contributed by atoms with E-state index in [1.807, 2.05) is 0 Å². The molecule has 2 rings (SSSR count). The minimum absolute atomic E-state index is 0.322. The Bertz CT molecular complexity index is 552. The molecule has 0 aromatic heterocycles. The number of ether oxygens (including phenoxy) is 1. The number of nitrogens with one attached hydrogen (secondary N) is 2. The highest BCUT2D eigenvalue weighted by molar-refractivity contribution is 7.89. The molecule has 0 aliphatic carbocycles. The van der Waals surface area contributed by atoms with Gasteiger partial charge in [-0.25, -0.2) is 13.1 Å². The highest BCUT2D eigenvalue weighted by atomic mass is 32.2. The molecular weight excluding hydrogens is 276 g/mol. The van der Waals surface area contributed by atoms with E-state index in [0.29, 0.717) is 28.7 Å². The molecule has 1 heterocycles. The van der Waals surface area contributed by atoms with Crippen molar-refractivity contribution in [1.29, 1.82) is 0 Å². The molecule has 1 saturated heterocycles. The van der Waals surface area contributed by atoms with Crippen molar-refractivity contribution in [1.82, 2.24) is 10.0 Å².